The van der Waals surface area contributed by atoms with Crippen LogP contribution in [0.3, 0.4) is 0 Å². The SMILES string of the molecule is C[C@@H]1[C@H]2C3=CC[C@H]4[C@]5(C)Cc6c(N7CCCCC7)ncnc6C(C)(C)[C@H]5CC[C@]4(C)[C@]3(C)CC[C@@]2(C(=O)OCc2ccccc2)CC[C@@H]1C. The number of hydrogen-bond donors (Lipinski definition) is 0. The van der Waals surface area contributed by atoms with Crippen LogP contribution in [0.1, 0.15) is 129 Å². The van der Waals surface area contributed by atoms with E-state index < -0.39 is 5.41 Å². The average molecular weight is 664 g/mol. The van der Waals surface area contributed by atoms with Gasteiger partial charge in [0.25, 0.3) is 0 Å². The molecule has 0 N–H and O–H groups in total. The van der Waals surface area contributed by atoms with Gasteiger partial charge in [-0.3, -0.25) is 4.79 Å². The van der Waals surface area contributed by atoms with Crippen LogP contribution in [0.25, 0.3) is 0 Å². The zero-order valence-corrected chi connectivity index (χ0v) is 31.5. The fourth-order valence-electron chi connectivity index (χ4n) is 13.6. The maximum atomic E-state index is 14.4. The Bertz CT molecular complexity index is 1630. The predicted octanol–water partition coefficient (Wildman–Crippen LogP) is 9.88. The third-order valence-corrected chi connectivity index (χ3v) is 16.5. The first kappa shape index (κ1) is 33.5. The molecule has 1 saturated heterocycles. The maximum Gasteiger partial charge on any atom is 0.313 e. The second-order valence-corrected chi connectivity index (χ2v) is 18.8. The Morgan fingerprint density at radius 2 is 1.65 bits per heavy atom. The van der Waals surface area contributed by atoms with Crippen LogP contribution in [0.15, 0.2) is 48.3 Å². The van der Waals surface area contributed by atoms with Gasteiger partial charge in [-0.1, -0.05) is 90.4 Å². The summed E-state index contributed by atoms with van der Waals surface area (Å²) in [6.07, 6.45) is 17.2. The fourth-order valence-corrected chi connectivity index (χ4v) is 13.6. The first-order valence-corrected chi connectivity index (χ1v) is 19.9. The molecule has 5 nitrogen and oxygen atoms in total. The molecule has 0 radical (unpaired) electrons. The number of hydrogen-bond acceptors (Lipinski definition) is 5. The summed E-state index contributed by atoms with van der Waals surface area (Å²) in [7, 11) is 0. The highest BCUT2D eigenvalue weighted by Crippen LogP contribution is 2.75. The van der Waals surface area contributed by atoms with E-state index in [-0.39, 0.29) is 33.5 Å². The number of aromatic nitrogens is 2. The van der Waals surface area contributed by atoms with Gasteiger partial charge in [-0.05, 0) is 122 Å². The lowest BCUT2D eigenvalue weighted by atomic mass is 9.33. The number of piperidine rings is 1. The molecule has 1 aliphatic heterocycles. The van der Waals surface area contributed by atoms with Gasteiger partial charge in [0.15, 0.2) is 0 Å². The van der Waals surface area contributed by atoms with Crippen LogP contribution in [-0.4, -0.2) is 29.0 Å². The molecule has 2 heterocycles. The van der Waals surface area contributed by atoms with E-state index in [0.29, 0.717) is 30.3 Å². The lowest BCUT2D eigenvalue weighted by molar-refractivity contribution is -0.184. The van der Waals surface area contributed by atoms with Crippen LogP contribution in [-0.2, 0) is 28.0 Å². The Balaban J connectivity index is 1.17. The van der Waals surface area contributed by atoms with E-state index in [2.05, 4.69) is 71.6 Å². The lowest BCUT2D eigenvalue weighted by Crippen LogP contribution is -2.65. The summed E-state index contributed by atoms with van der Waals surface area (Å²) >= 11 is 0. The van der Waals surface area contributed by atoms with Gasteiger partial charge in [0.2, 0.25) is 0 Å². The van der Waals surface area contributed by atoms with Crippen molar-refractivity contribution < 1.29 is 9.53 Å². The van der Waals surface area contributed by atoms with Crippen molar-refractivity contribution in [1.29, 1.82) is 0 Å². The Morgan fingerprint density at radius 1 is 0.898 bits per heavy atom. The predicted molar refractivity (Wildman–Crippen MR) is 197 cm³/mol. The van der Waals surface area contributed by atoms with Crippen LogP contribution in [0.2, 0.25) is 0 Å². The molecule has 0 bridgehead atoms. The van der Waals surface area contributed by atoms with Crippen LogP contribution in [0.4, 0.5) is 5.82 Å². The van der Waals surface area contributed by atoms with Crippen molar-refractivity contribution in [3.63, 3.8) is 0 Å². The van der Waals surface area contributed by atoms with Gasteiger partial charge in [0, 0.05) is 24.1 Å². The highest BCUT2D eigenvalue weighted by molar-refractivity contribution is 5.79. The fraction of sp³-hybridized carbons (Fsp3) is 0.705. The van der Waals surface area contributed by atoms with Gasteiger partial charge >= 0.3 is 5.97 Å². The molecule has 5 heteroatoms. The molecule has 1 aromatic heterocycles. The molecule has 0 amide bonds. The highest BCUT2D eigenvalue weighted by Gasteiger charge is 2.69. The van der Waals surface area contributed by atoms with Crippen LogP contribution < -0.4 is 4.90 Å². The topological polar surface area (TPSA) is 55.3 Å². The van der Waals surface area contributed by atoms with Crippen molar-refractivity contribution >= 4 is 11.8 Å². The number of rotatable bonds is 4. The number of carbonyl (C=O) groups excluding carboxylic acids is 1. The molecule has 8 rings (SSSR count). The second-order valence-electron chi connectivity index (χ2n) is 18.8. The van der Waals surface area contributed by atoms with Gasteiger partial charge in [0.1, 0.15) is 18.8 Å². The Hall–Kier alpha value is -2.69. The monoisotopic (exact) mass is 663 g/mol. The summed E-state index contributed by atoms with van der Waals surface area (Å²) in [6, 6.07) is 10.2. The lowest BCUT2D eigenvalue weighted by Gasteiger charge is -2.71. The second kappa shape index (κ2) is 11.7. The Labute approximate surface area is 296 Å². The van der Waals surface area contributed by atoms with E-state index in [1.54, 1.807) is 5.57 Å². The Kier molecular flexibility index (Phi) is 7.97. The molecule has 49 heavy (non-hydrogen) atoms. The van der Waals surface area contributed by atoms with Crippen molar-refractivity contribution in [2.24, 2.45) is 51.2 Å². The summed E-state index contributed by atoms with van der Waals surface area (Å²) in [5.74, 6) is 3.75. The molecular formula is C44H61N3O2. The maximum absolute atomic E-state index is 14.4. The number of carbonyl (C=O) groups is 1. The van der Waals surface area contributed by atoms with E-state index in [4.69, 9.17) is 14.7 Å². The first-order chi connectivity index (χ1) is 23.4. The molecule has 9 atom stereocenters. The van der Waals surface area contributed by atoms with E-state index in [0.717, 1.165) is 57.2 Å². The minimum Gasteiger partial charge on any atom is -0.460 e. The normalized spacial score (nSPS) is 40.8. The van der Waals surface area contributed by atoms with Crippen molar-refractivity contribution in [3.8, 4) is 0 Å². The molecule has 0 unspecified atom stereocenters. The molecule has 6 aliphatic rings. The van der Waals surface area contributed by atoms with E-state index in [1.807, 2.05) is 24.5 Å². The van der Waals surface area contributed by atoms with Crippen molar-refractivity contribution in [2.75, 3.05) is 18.0 Å². The minimum atomic E-state index is -0.414. The van der Waals surface area contributed by atoms with Gasteiger partial charge in [0.05, 0.1) is 11.1 Å². The van der Waals surface area contributed by atoms with Crippen LogP contribution in [0, 0.1) is 51.2 Å². The summed E-state index contributed by atoms with van der Waals surface area (Å²) in [6.45, 7) is 20.4. The zero-order valence-electron chi connectivity index (χ0n) is 31.5. The molecule has 5 aliphatic carbocycles. The summed E-state index contributed by atoms with van der Waals surface area (Å²) in [4.78, 5) is 27.1. The van der Waals surface area contributed by atoms with Gasteiger partial charge in [-0.25, -0.2) is 9.97 Å². The molecule has 3 saturated carbocycles. The standard InChI is InChI=1S/C44H61N3O2/c1-29-18-21-44(39(48)49-27-31-14-10-8-11-15-31)23-22-42(6)33(36(44)30(29)2)16-17-35-41(5)26-32-37(40(3,4)34(41)19-20-43(35,42)7)45-28-46-38(32)47-24-12-9-13-25-47/h8,10-11,14-16,28-30,34-36H,9,12-13,17-27H2,1-7H3/t29-,30-,34+,35-,36-,41+,42+,43-,44-/m0/s1. The molecule has 2 aromatic rings. The summed E-state index contributed by atoms with van der Waals surface area (Å²) in [5.41, 5.74) is 5.41. The number of fused-ring (bicyclic) bond motifs is 8. The molecule has 1 aromatic carbocycles. The van der Waals surface area contributed by atoms with Gasteiger partial charge in [-0.2, -0.15) is 0 Å². The van der Waals surface area contributed by atoms with Crippen molar-refractivity contribution in [2.45, 2.75) is 131 Å². The third-order valence-electron chi connectivity index (χ3n) is 16.5. The Morgan fingerprint density at radius 3 is 2.41 bits per heavy atom. The first-order valence-electron chi connectivity index (χ1n) is 19.9. The van der Waals surface area contributed by atoms with Gasteiger partial charge in [-0.15, -0.1) is 0 Å². The number of benzene rings is 1. The highest BCUT2D eigenvalue weighted by atomic mass is 16.5. The number of allylic oxidation sites excluding steroid dienone is 2. The van der Waals surface area contributed by atoms with E-state index in [1.165, 1.54) is 49.2 Å². The number of nitrogens with zero attached hydrogens (tertiary/aromatic N) is 3. The van der Waals surface area contributed by atoms with E-state index in [9.17, 15) is 4.79 Å². The largest absolute Gasteiger partial charge is 0.460 e. The number of esters is 1. The zero-order chi connectivity index (χ0) is 34.4. The van der Waals surface area contributed by atoms with Crippen LogP contribution in [0.5, 0.6) is 0 Å². The molecule has 264 valence electrons. The summed E-state index contributed by atoms with van der Waals surface area (Å²) in [5, 5.41) is 0. The van der Waals surface area contributed by atoms with E-state index >= 15 is 0 Å². The van der Waals surface area contributed by atoms with Gasteiger partial charge < -0.3 is 9.64 Å². The number of anilines is 1. The molecule has 0 spiro atoms. The molecule has 4 fully saturated rings. The minimum absolute atomic E-state index is 0.000414. The summed E-state index contributed by atoms with van der Waals surface area (Å²) < 4.78 is 6.28. The molecular weight excluding hydrogens is 603 g/mol. The smallest absolute Gasteiger partial charge is 0.313 e. The van der Waals surface area contributed by atoms with Crippen molar-refractivity contribution in [3.05, 3.63) is 65.1 Å². The average Bonchev–Trinajstić information content (AvgIpc) is 3.09. The van der Waals surface area contributed by atoms with Crippen LogP contribution >= 0.6 is 0 Å². The van der Waals surface area contributed by atoms with Crippen molar-refractivity contribution in [1.82, 2.24) is 9.97 Å². The third kappa shape index (κ3) is 4.71. The number of ether oxygens (including phenoxy) is 1. The quantitative estimate of drug-likeness (QED) is 0.241.